The molecular formula is C16H14O3. The van der Waals surface area contributed by atoms with Crippen molar-refractivity contribution in [3.8, 4) is 5.75 Å². The summed E-state index contributed by atoms with van der Waals surface area (Å²) in [5, 5.41) is 8.58. The predicted molar refractivity (Wildman–Crippen MR) is 73.9 cm³/mol. The highest BCUT2D eigenvalue weighted by Gasteiger charge is 1.97. The normalized spacial score (nSPS) is 10.5. The first-order valence-electron chi connectivity index (χ1n) is 5.92. The van der Waals surface area contributed by atoms with Crippen LogP contribution >= 0.6 is 0 Å². The lowest BCUT2D eigenvalue weighted by Gasteiger charge is -2.06. The van der Waals surface area contributed by atoms with E-state index in [2.05, 4.69) is 0 Å². The van der Waals surface area contributed by atoms with Crippen LogP contribution in [0.5, 0.6) is 5.75 Å². The number of carboxylic acids is 1. The second kappa shape index (κ2) is 6.40. The molecule has 0 unspecified atom stereocenters. The molecule has 0 amide bonds. The van der Waals surface area contributed by atoms with E-state index in [9.17, 15) is 4.79 Å². The topological polar surface area (TPSA) is 46.5 Å². The average Bonchev–Trinajstić information content (AvgIpc) is 2.44. The lowest BCUT2D eigenvalue weighted by Crippen LogP contribution is -1.95. The predicted octanol–water partition coefficient (Wildman–Crippen LogP) is 3.36. The number of ether oxygens (including phenoxy) is 1. The Labute approximate surface area is 111 Å². The minimum atomic E-state index is -0.962. The van der Waals surface area contributed by atoms with Gasteiger partial charge < -0.3 is 9.84 Å². The van der Waals surface area contributed by atoms with Crippen molar-refractivity contribution in [2.24, 2.45) is 0 Å². The Morgan fingerprint density at radius 3 is 2.63 bits per heavy atom. The molecule has 3 nitrogen and oxygen atoms in total. The maximum absolute atomic E-state index is 10.5. The van der Waals surface area contributed by atoms with E-state index in [1.807, 2.05) is 54.6 Å². The summed E-state index contributed by atoms with van der Waals surface area (Å²) in [5.41, 5.74) is 1.89. The third kappa shape index (κ3) is 4.32. The summed E-state index contributed by atoms with van der Waals surface area (Å²) in [5.74, 6) is -0.244. The summed E-state index contributed by atoms with van der Waals surface area (Å²) in [4.78, 5) is 10.5. The number of hydrogen-bond acceptors (Lipinski definition) is 2. The standard InChI is InChI=1S/C16H14O3/c17-16(18)10-9-13-7-4-8-15(11-13)19-12-14-5-2-1-3-6-14/h1-11H,12H2,(H,17,18). The van der Waals surface area contributed by atoms with E-state index in [4.69, 9.17) is 9.84 Å². The molecule has 2 aromatic carbocycles. The first-order valence-corrected chi connectivity index (χ1v) is 5.92. The van der Waals surface area contributed by atoms with Crippen LogP contribution in [0.4, 0.5) is 0 Å². The first-order chi connectivity index (χ1) is 9.24. The minimum Gasteiger partial charge on any atom is -0.489 e. The number of hydrogen-bond donors (Lipinski definition) is 1. The summed E-state index contributed by atoms with van der Waals surface area (Å²) >= 11 is 0. The van der Waals surface area contributed by atoms with Crippen LogP contribution in [-0.4, -0.2) is 11.1 Å². The van der Waals surface area contributed by atoms with Crippen LogP contribution in [0.25, 0.3) is 6.08 Å². The minimum absolute atomic E-state index is 0.493. The fourth-order valence-corrected chi connectivity index (χ4v) is 1.62. The molecule has 0 bridgehead atoms. The van der Waals surface area contributed by atoms with Crippen molar-refractivity contribution in [2.45, 2.75) is 6.61 Å². The molecule has 0 atom stereocenters. The molecule has 0 aromatic heterocycles. The zero-order valence-corrected chi connectivity index (χ0v) is 10.3. The molecule has 0 heterocycles. The highest BCUT2D eigenvalue weighted by molar-refractivity contribution is 5.85. The van der Waals surface area contributed by atoms with Crippen LogP contribution in [0.1, 0.15) is 11.1 Å². The highest BCUT2D eigenvalue weighted by Crippen LogP contribution is 2.16. The molecule has 0 radical (unpaired) electrons. The van der Waals surface area contributed by atoms with Crippen LogP contribution in [0.2, 0.25) is 0 Å². The van der Waals surface area contributed by atoms with Crippen molar-refractivity contribution in [1.29, 1.82) is 0 Å². The molecule has 0 saturated heterocycles. The van der Waals surface area contributed by atoms with Gasteiger partial charge in [0.15, 0.2) is 0 Å². The second-order valence-corrected chi connectivity index (χ2v) is 4.02. The van der Waals surface area contributed by atoms with Crippen molar-refractivity contribution in [1.82, 2.24) is 0 Å². The number of aliphatic carboxylic acids is 1. The molecule has 19 heavy (non-hydrogen) atoms. The van der Waals surface area contributed by atoms with E-state index in [0.29, 0.717) is 6.61 Å². The van der Waals surface area contributed by atoms with E-state index in [0.717, 1.165) is 23.0 Å². The third-order valence-electron chi connectivity index (χ3n) is 2.52. The number of rotatable bonds is 5. The smallest absolute Gasteiger partial charge is 0.328 e. The fourth-order valence-electron chi connectivity index (χ4n) is 1.62. The zero-order valence-electron chi connectivity index (χ0n) is 10.3. The molecule has 0 saturated carbocycles. The molecule has 0 fully saturated rings. The Balaban J connectivity index is 2.01. The van der Waals surface area contributed by atoms with E-state index in [1.165, 1.54) is 6.08 Å². The Hall–Kier alpha value is -2.55. The molecular weight excluding hydrogens is 240 g/mol. The van der Waals surface area contributed by atoms with Gasteiger partial charge in [0.2, 0.25) is 0 Å². The van der Waals surface area contributed by atoms with Gasteiger partial charge in [0, 0.05) is 6.08 Å². The van der Waals surface area contributed by atoms with Crippen molar-refractivity contribution < 1.29 is 14.6 Å². The Morgan fingerprint density at radius 1 is 1.11 bits per heavy atom. The number of carbonyl (C=O) groups is 1. The van der Waals surface area contributed by atoms with Gasteiger partial charge in [0.1, 0.15) is 12.4 Å². The van der Waals surface area contributed by atoms with Gasteiger partial charge in [-0.3, -0.25) is 0 Å². The van der Waals surface area contributed by atoms with Gasteiger partial charge >= 0.3 is 5.97 Å². The maximum Gasteiger partial charge on any atom is 0.328 e. The highest BCUT2D eigenvalue weighted by atomic mass is 16.5. The van der Waals surface area contributed by atoms with E-state index >= 15 is 0 Å². The van der Waals surface area contributed by atoms with Crippen LogP contribution in [0, 0.1) is 0 Å². The molecule has 2 rings (SSSR count). The molecule has 2 aromatic rings. The summed E-state index contributed by atoms with van der Waals surface area (Å²) in [6.45, 7) is 0.493. The summed E-state index contributed by atoms with van der Waals surface area (Å²) in [6, 6.07) is 17.2. The van der Waals surface area contributed by atoms with Crippen molar-refractivity contribution in [3.63, 3.8) is 0 Å². The van der Waals surface area contributed by atoms with Crippen LogP contribution in [0.3, 0.4) is 0 Å². The zero-order chi connectivity index (χ0) is 13.5. The maximum atomic E-state index is 10.5. The Bertz CT molecular complexity index is 574. The van der Waals surface area contributed by atoms with Gasteiger partial charge in [-0.25, -0.2) is 4.79 Å². The first kappa shape index (κ1) is 12.9. The van der Waals surface area contributed by atoms with Gasteiger partial charge in [-0.05, 0) is 29.3 Å². The number of benzene rings is 2. The Morgan fingerprint density at radius 2 is 1.89 bits per heavy atom. The van der Waals surface area contributed by atoms with Gasteiger partial charge in [0.25, 0.3) is 0 Å². The summed E-state index contributed by atoms with van der Waals surface area (Å²) < 4.78 is 5.66. The Kier molecular flexibility index (Phi) is 4.34. The van der Waals surface area contributed by atoms with Gasteiger partial charge in [-0.1, -0.05) is 42.5 Å². The van der Waals surface area contributed by atoms with Crippen molar-refractivity contribution >= 4 is 12.0 Å². The van der Waals surface area contributed by atoms with Crippen LogP contribution in [-0.2, 0) is 11.4 Å². The fraction of sp³-hybridized carbons (Fsp3) is 0.0625. The van der Waals surface area contributed by atoms with Gasteiger partial charge in [-0.15, -0.1) is 0 Å². The van der Waals surface area contributed by atoms with Gasteiger partial charge in [-0.2, -0.15) is 0 Å². The molecule has 3 heteroatoms. The van der Waals surface area contributed by atoms with E-state index in [-0.39, 0.29) is 0 Å². The van der Waals surface area contributed by atoms with Crippen LogP contribution < -0.4 is 4.74 Å². The van der Waals surface area contributed by atoms with E-state index < -0.39 is 5.97 Å². The van der Waals surface area contributed by atoms with Crippen molar-refractivity contribution in [3.05, 3.63) is 71.8 Å². The second-order valence-electron chi connectivity index (χ2n) is 4.02. The molecule has 0 aliphatic heterocycles. The molecule has 1 N–H and O–H groups in total. The largest absolute Gasteiger partial charge is 0.489 e. The number of carboxylic acid groups (broad SMARTS) is 1. The van der Waals surface area contributed by atoms with E-state index in [1.54, 1.807) is 0 Å². The molecule has 0 spiro atoms. The average molecular weight is 254 g/mol. The molecule has 96 valence electrons. The SMILES string of the molecule is O=C(O)C=Cc1cccc(OCc2ccccc2)c1. The summed E-state index contributed by atoms with van der Waals surface area (Å²) in [6.07, 6.45) is 2.65. The molecule has 0 aliphatic rings. The summed E-state index contributed by atoms with van der Waals surface area (Å²) in [7, 11) is 0. The monoisotopic (exact) mass is 254 g/mol. The quantitative estimate of drug-likeness (QED) is 0.832. The van der Waals surface area contributed by atoms with Crippen LogP contribution in [0.15, 0.2) is 60.7 Å². The lowest BCUT2D eigenvalue weighted by molar-refractivity contribution is -0.131. The van der Waals surface area contributed by atoms with Crippen molar-refractivity contribution in [2.75, 3.05) is 0 Å². The van der Waals surface area contributed by atoms with Gasteiger partial charge in [0.05, 0.1) is 0 Å². The lowest BCUT2D eigenvalue weighted by atomic mass is 10.2. The molecule has 0 aliphatic carbocycles. The third-order valence-corrected chi connectivity index (χ3v) is 2.52.